The van der Waals surface area contributed by atoms with Crippen LogP contribution < -0.4 is 31.0 Å². The van der Waals surface area contributed by atoms with Crippen LogP contribution >= 0.6 is 0 Å². The summed E-state index contributed by atoms with van der Waals surface area (Å²) in [6.07, 6.45) is 10.1. The van der Waals surface area contributed by atoms with Crippen LogP contribution in [0.1, 0.15) is 74.6 Å². The maximum atomic E-state index is 6.51. The van der Waals surface area contributed by atoms with Gasteiger partial charge in [0.15, 0.2) is 18.9 Å². The van der Waals surface area contributed by atoms with Crippen molar-refractivity contribution in [2.75, 3.05) is 7.11 Å². The van der Waals surface area contributed by atoms with Gasteiger partial charge in [0.25, 0.3) is 0 Å². The van der Waals surface area contributed by atoms with E-state index in [1.807, 2.05) is 0 Å². The van der Waals surface area contributed by atoms with Gasteiger partial charge in [-0.1, -0.05) is 56.2 Å². The number of benzene rings is 3. The summed E-state index contributed by atoms with van der Waals surface area (Å²) in [5.41, 5.74) is 4.86. The van der Waals surface area contributed by atoms with E-state index in [2.05, 4.69) is 104 Å². The van der Waals surface area contributed by atoms with Crippen LogP contribution in [0.25, 0.3) is 10.8 Å². The highest BCUT2D eigenvalue weighted by atomic mass is 79.9. The van der Waals surface area contributed by atoms with Crippen molar-refractivity contribution in [1.82, 2.24) is 0 Å². The molecular formula is C33H38BrNO2. The van der Waals surface area contributed by atoms with E-state index in [0.29, 0.717) is 0 Å². The quantitative estimate of drug-likeness (QED) is 0.232. The molecule has 0 radical (unpaired) electrons. The number of pyridine rings is 1. The standard InChI is InChI=1S/C33H38NO2.BrH/c1-5-6-7-10-24-20-30(35-4)32-29(22-33(2,3)36-31(32)21-24)27-15-17-34(18-16-27)23-25-13-14-26-11-8-9-12-28(26)19-25;/h8-9,11-21,29H,5-7,10,22-23H2,1-4H3;1H/q+1;/p-1. The van der Waals surface area contributed by atoms with E-state index in [1.165, 1.54) is 52.3 Å². The van der Waals surface area contributed by atoms with Crippen LogP contribution in [0.2, 0.25) is 0 Å². The summed E-state index contributed by atoms with van der Waals surface area (Å²) in [5, 5.41) is 2.57. The second kappa shape index (κ2) is 11.7. The number of fused-ring (bicyclic) bond motifs is 2. The Labute approximate surface area is 232 Å². The van der Waals surface area contributed by atoms with Gasteiger partial charge in [0, 0.05) is 29.2 Å². The Morgan fingerprint density at radius 1 is 0.919 bits per heavy atom. The molecular weight excluding hydrogens is 522 g/mol. The number of hydrogen-bond acceptors (Lipinski definition) is 2. The number of rotatable bonds is 8. The van der Waals surface area contributed by atoms with E-state index in [9.17, 15) is 0 Å². The average Bonchev–Trinajstić information content (AvgIpc) is 2.87. The van der Waals surface area contributed by atoms with E-state index in [4.69, 9.17) is 9.47 Å². The number of aromatic nitrogens is 1. The van der Waals surface area contributed by atoms with Crippen molar-refractivity contribution in [3.63, 3.8) is 0 Å². The highest BCUT2D eigenvalue weighted by molar-refractivity contribution is 5.82. The summed E-state index contributed by atoms with van der Waals surface area (Å²) in [6, 6.07) is 24.3. The number of methoxy groups -OCH3 is 1. The zero-order chi connectivity index (χ0) is 25.1. The Kier molecular flexibility index (Phi) is 8.59. The van der Waals surface area contributed by atoms with Gasteiger partial charge < -0.3 is 26.5 Å². The molecule has 4 aromatic rings. The van der Waals surface area contributed by atoms with E-state index in [0.717, 1.165) is 30.9 Å². The first-order chi connectivity index (χ1) is 17.5. The Morgan fingerprint density at radius 3 is 2.41 bits per heavy atom. The van der Waals surface area contributed by atoms with Crippen molar-refractivity contribution in [3.8, 4) is 11.5 Å². The van der Waals surface area contributed by atoms with Gasteiger partial charge in [-0.15, -0.1) is 0 Å². The second-order valence-electron chi connectivity index (χ2n) is 10.8. The van der Waals surface area contributed by atoms with Gasteiger partial charge in [0.05, 0.1) is 7.11 Å². The topological polar surface area (TPSA) is 22.3 Å². The Morgan fingerprint density at radius 2 is 1.68 bits per heavy atom. The third-order valence-electron chi connectivity index (χ3n) is 7.38. The van der Waals surface area contributed by atoms with Gasteiger partial charge in [0.1, 0.15) is 17.1 Å². The van der Waals surface area contributed by atoms with Gasteiger partial charge in [-0.3, -0.25) is 0 Å². The predicted octanol–water partition coefficient (Wildman–Crippen LogP) is 4.61. The molecule has 0 fully saturated rings. The summed E-state index contributed by atoms with van der Waals surface area (Å²) >= 11 is 0. The van der Waals surface area contributed by atoms with E-state index < -0.39 is 0 Å². The molecule has 1 aliphatic heterocycles. The van der Waals surface area contributed by atoms with Crippen molar-refractivity contribution in [2.45, 2.75) is 70.9 Å². The summed E-state index contributed by atoms with van der Waals surface area (Å²) in [7, 11) is 1.78. The molecule has 1 aliphatic rings. The molecule has 0 saturated heterocycles. The highest BCUT2D eigenvalue weighted by Gasteiger charge is 2.37. The fourth-order valence-corrected chi connectivity index (χ4v) is 5.55. The predicted molar refractivity (Wildman–Crippen MR) is 147 cm³/mol. The number of unbranched alkanes of at least 4 members (excludes halogenated alkanes) is 2. The SMILES string of the molecule is CCCCCc1cc(OC)c2c(c1)OC(C)(C)CC2c1cc[n+](Cc2ccc3ccccc3c2)cc1.[Br-]. The number of aryl methyl sites for hydroxylation is 1. The smallest absolute Gasteiger partial charge is 0.173 e. The number of ether oxygens (including phenoxy) is 2. The van der Waals surface area contributed by atoms with E-state index >= 15 is 0 Å². The fraction of sp³-hybridized carbons (Fsp3) is 0.364. The highest BCUT2D eigenvalue weighted by Crippen LogP contribution is 2.48. The van der Waals surface area contributed by atoms with Gasteiger partial charge in [-0.2, -0.15) is 0 Å². The first-order valence-electron chi connectivity index (χ1n) is 13.3. The number of halogens is 1. The first kappa shape index (κ1) is 27.2. The Balaban J connectivity index is 0.00000320. The molecule has 5 rings (SSSR count). The number of hydrogen-bond donors (Lipinski definition) is 0. The molecule has 0 aliphatic carbocycles. The summed E-state index contributed by atoms with van der Waals surface area (Å²) in [6.45, 7) is 7.49. The van der Waals surface area contributed by atoms with Crippen molar-refractivity contribution in [3.05, 3.63) is 101 Å². The van der Waals surface area contributed by atoms with Crippen molar-refractivity contribution < 1.29 is 31.0 Å². The third kappa shape index (κ3) is 6.18. The van der Waals surface area contributed by atoms with Crippen molar-refractivity contribution in [2.24, 2.45) is 0 Å². The molecule has 0 N–H and O–H groups in total. The zero-order valence-electron chi connectivity index (χ0n) is 22.5. The third-order valence-corrected chi connectivity index (χ3v) is 7.38. The average molecular weight is 561 g/mol. The molecule has 2 heterocycles. The summed E-state index contributed by atoms with van der Waals surface area (Å²) in [4.78, 5) is 0. The summed E-state index contributed by atoms with van der Waals surface area (Å²) in [5.74, 6) is 2.17. The minimum Gasteiger partial charge on any atom is -1.00 e. The van der Waals surface area contributed by atoms with Gasteiger partial charge >= 0.3 is 0 Å². The van der Waals surface area contributed by atoms with Crippen LogP contribution in [0.4, 0.5) is 0 Å². The fourth-order valence-electron chi connectivity index (χ4n) is 5.55. The molecule has 4 heteroatoms. The molecule has 3 aromatic carbocycles. The van der Waals surface area contributed by atoms with Crippen LogP contribution in [0.5, 0.6) is 11.5 Å². The molecule has 0 amide bonds. The van der Waals surface area contributed by atoms with E-state index in [-0.39, 0.29) is 28.5 Å². The van der Waals surface area contributed by atoms with Crippen LogP contribution in [-0.2, 0) is 13.0 Å². The molecule has 1 unspecified atom stereocenters. The second-order valence-corrected chi connectivity index (χ2v) is 10.8. The largest absolute Gasteiger partial charge is 1.00 e. The van der Waals surface area contributed by atoms with Crippen LogP contribution in [0, 0.1) is 0 Å². The normalized spacial score (nSPS) is 15.9. The van der Waals surface area contributed by atoms with Gasteiger partial charge in [0.2, 0.25) is 0 Å². The molecule has 1 aromatic heterocycles. The minimum absolute atomic E-state index is 0. The van der Waals surface area contributed by atoms with Crippen LogP contribution in [-0.4, -0.2) is 12.7 Å². The van der Waals surface area contributed by atoms with Crippen molar-refractivity contribution >= 4 is 10.8 Å². The monoisotopic (exact) mass is 559 g/mol. The molecule has 3 nitrogen and oxygen atoms in total. The number of nitrogens with zero attached hydrogens (tertiary/aromatic N) is 1. The molecule has 0 spiro atoms. The lowest BCUT2D eigenvalue weighted by Crippen LogP contribution is -3.00. The van der Waals surface area contributed by atoms with Gasteiger partial charge in [-0.05, 0) is 73.2 Å². The van der Waals surface area contributed by atoms with Crippen molar-refractivity contribution in [1.29, 1.82) is 0 Å². The molecule has 37 heavy (non-hydrogen) atoms. The lowest BCUT2D eigenvalue weighted by molar-refractivity contribution is -0.688. The Hall–Kier alpha value is -2.85. The van der Waals surface area contributed by atoms with Crippen LogP contribution in [0.15, 0.2) is 79.1 Å². The summed E-state index contributed by atoms with van der Waals surface area (Å²) < 4.78 is 14.7. The zero-order valence-corrected chi connectivity index (χ0v) is 24.1. The maximum absolute atomic E-state index is 6.51. The van der Waals surface area contributed by atoms with Gasteiger partial charge in [-0.25, -0.2) is 4.57 Å². The lowest BCUT2D eigenvalue weighted by Gasteiger charge is -2.38. The molecule has 194 valence electrons. The maximum Gasteiger partial charge on any atom is 0.173 e. The van der Waals surface area contributed by atoms with E-state index in [1.54, 1.807) is 7.11 Å². The Bertz CT molecular complexity index is 1350. The molecule has 1 atom stereocenters. The minimum atomic E-state index is -0.234. The lowest BCUT2D eigenvalue weighted by atomic mass is 9.79. The molecule has 0 saturated carbocycles. The molecule has 0 bridgehead atoms. The first-order valence-corrected chi connectivity index (χ1v) is 13.3. The van der Waals surface area contributed by atoms with Crippen LogP contribution in [0.3, 0.4) is 0 Å².